The predicted molar refractivity (Wildman–Crippen MR) is 90.8 cm³/mol. The summed E-state index contributed by atoms with van der Waals surface area (Å²) in [6.07, 6.45) is 0. The summed E-state index contributed by atoms with van der Waals surface area (Å²) in [5, 5.41) is 3.51. The second kappa shape index (κ2) is 7.54. The van der Waals surface area contributed by atoms with E-state index in [0.29, 0.717) is 26.2 Å². The van der Waals surface area contributed by atoms with Crippen LogP contribution in [0.25, 0.3) is 0 Å². The Bertz CT molecular complexity index is 722. The van der Waals surface area contributed by atoms with E-state index in [1.807, 2.05) is 0 Å². The normalized spacial score (nSPS) is 10.3. The summed E-state index contributed by atoms with van der Waals surface area (Å²) >= 11 is 13.0. The van der Waals surface area contributed by atoms with Crippen molar-refractivity contribution in [2.45, 2.75) is 4.90 Å². The van der Waals surface area contributed by atoms with E-state index in [1.54, 1.807) is 42.5 Å². The van der Waals surface area contributed by atoms with Crippen molar-refractivity contribution in [1.82, 2.24) is 0 Å². The second-order valence-electron chi connectivity index (χ2n) is 4.33. The summed E-state index contributed by atoms with van der Waals surface area (Å²) in [6.45, 7) is 0. The van der Waals surface area contributed by atoms with E-state index in [1.165, 1.54) is 11.8 Å². The van der Waals surface area contributed by atoms with Gasteiger partial charge in [0.25, 0.3) is 5.91 Å². The smallest absolute Gasteiger partial charge is 0.256 e. The number of hydrogen-bond acceptors (Lipinski definition) is 3. The van der Waals surface area contributed by atoms with Crippen molar-refractivity contribution < 1.29 is 9.59 Å². The molecule has 0 unspecified atom stereocenters. The Morgan fingerprint density at radius 2 is 1.82 bits per heavy atom. The van der Waals surface area contributed by atoms with Crippen molar-refractivity contribution in [2.24, 2.45) is 5.73 Å². The second-order valence-corrected chi connectivity index (χ2v) is 6.17. The topological polar surface area (TPSA) is 72.2 Å². The minimum atomic E-state index is -0.440. The predicted octanol–water partition coefficient (Wildman–Crippen LogP) is 3.82. The molecule has 0 saturated heterocycles. The molecule has 2 rings (SSSR count). The molecule has 114 valence electrons. The van der Waals surface area contributed by atoms with Gasteiger partial charge in [-0.3, -0.25) is 9.59 Å². The molecule has 0 aliphatic rings. The number of carbonyl (C=O) groups is 2. The lowest BCUT2D eigenvalue weighted by Gasteiger charge is -2.10. The Kier molecular flexibility index (Phi) is 5.71. The molecule has 7 heteroatoms. The number of nitrogens with two attached hydrogens (primary N) is 1. The van der Waals surface area contributed by atoms with Gasteiger partial charge in [-0.05, 0) is 30.3 Å². The fourth-order valence-corrected chi connectivity index (χ4v) is 2.79. The number of anilines is 1. The van der Waals surface area contributed by atoms with E-state index >= 15 is 0 Å². The molecule has 0 aromatic heterocycles. The Hall–Kier alpha value is -1.69. The van der Waals surface area contributed by atoms with Gasteiger partial charge in [0.2, 0.25) is 5.91 Å². The zero-order valence-electron chi connectivity index (χ0n) is 11.3. The largest absolute Gasteiger partial charge is 0.369 e. The standard InChI is InChI=1S/C15H12Cl2N2O2S/c16-11-6-5-9(7-12(11)17)19-15(21)10-3-1-2-4-13(10)22-8-14(18)20/h1-7H,8H2,(H2,18,20)(H,19,21). The molecule has 0 aliphatic heterocycles. The number of benzene rings is 2. The summed E-state index contributed by atoms with van der Waals surface area (Å²) in [4.78, 5) is 23.9. The molecule has 0 bridgehead atoms. The molecule has 4 nitrogen and oxygen atoms in total. The minimum absolute atomic E-state index is 0.108. The fourth-order valence-electron chi connectivity index (χ4n) is 1.70. The molecular weight excluding hydrogens is 343 g/mol. The molecule has 0 aliphatic carbocycles. The van der Waals surface area contributed by atoms with Crippen LogP contribution in [0.3, 0.4) is 0 Å². The van der Waals surface area contributed by atoms with Crippen molar-refractivity contribution in [2.75, 3.05) is 11.1 Å². The summed E-state index contributed by atoms with van der Waals surface area (Å²) in [5.41, 5.74) is 6.13. The lowest BCUT2D eigenvalue weighted by molar-refractivity contribution is -0.115. The van der Waals surface area contributed by atoms with Crippen molar-refractivity contribution in [3.63, 3.8) is 0 Å². The van der Waals surface area contributed by atoms with E-state index < -0.39 is 5.91 Å². The van der Waals surface area contributed by atoms with Gasteiger partial charge in [-0.1, -0.05) is 35.3 Å². The van der Waals surface area contributed by atoms with Crippen LogP contribution < -0.4 is 11.1 Å². The van der Waals surface area contributed by atoms with Crippen LogP contribution in [0.4, 0.5) is 5.69 Å². The van der Waals surface area contributed by atoms with E-state index in [4.69, 9.17) is 28.9 Å². The van der Waals surface area contributed by atoms with Crippen LogP contribution in [-0.4, -0.2) is 17.6 Å². The molecule has 2 amide bonds. The molecule has 0 heterocycles. The van der Waals surface area contributed by atoms with Crippen LogP contribution in [0, 0.1) is 0 Å². The first-order valence-corrected chi connectivity index (χ1v) is 7.98. The minimum Gasteiger partial charge on any atom is -0.369 e. The van der Waals surface area contributed by atoms with Gasteiger partial charge in [0.1, 0.15) is 0 Å². The van der Waals surface area contributed by atoms with Gasteiger partial charge in [-0.25, -0.2) is 0 Å². The van der Waals surface area contributed by atoms with E-state index in [-0.39, 0.29) is 11.7 Å². The molecule has 2 aromatic carbocycles. The van der Waals surface area contributed by atoms with Crippen molar-refractivity contribution in [3.8, 4) is 0 Å². The third-order valence-corrected chi connectivity index (χ3v) is 4.51. The van der Waals surface area contributed by atoms with Gasteiger partial charge in [0.05, 0.1) is 21.4 Å². The Morgan fingerprint density at radius 1 is 1.09 bits per heavy atom. The zero-order valence-corrected chi connectivity index (χ0v) is 13.6. The lowest BCUT2D eigenvalue weighted by atomic mass is 10.2. The first kappa shape index (κ1) is 16.7. The van der Waals surface area contributed by atoms with Crippen LogP contribution in [-0.2, 0) is 4.79 Å². The maximum Gasteiger partial charge on any atom is 0.256 e. The van der Waals surface area contributed by atoms with E-state index in [2.05, 4.69) is 5.32 Å². The van der Waals surface area contributed by atoms with Crippen LogP contribution in [0.5, 0.6) is 0 Å². The van der Waals surface area contributed by atoms with Crippen molar-refractivity contribution in [1.29, 1.82) is 0 Å². The SMILES string of the molecule is NC(=O)CSc1ccccc1C(=O)Nc1ccc(Cl)c(Cl)c1. The van der Waals surface area contributed by atoms with Crippen molar-refractivity contribution >= 4 is 52.5 Å². The van der Waals surface area contributed by atoms with E-state index in [9.17, 15) is 9.59 Å². The molecule has 0 saturated carbocycles. The third kappa shape index (κ3) is 4.40. The summed E-state index contributed by atoms with van der Waals surface area (Å²) in [6, 6.07) is 11.8. The Labute approximate surface area is 142 Å². The average Bonchev–Trinajstić information content (AvgIpc) is 2.49. The number of rotatable bonds is 5. The number of hydrogen-bond donors (Lipinski definition) is 2. The van der Waals surface area contributed by atoms with Gasteiger partial charge in [0, 0.05) is 10.6 Å². The molecule has 0 fully saturated rings. The highest BCUT2D eigenvalue weighted by molar-refractivity contribution is 8.00. The van der Waals surface area contributed by atoms with Crippen molar-refractivity contribution in [3.05, 3.63) is 58.1 Å². The molecule has 0 atom stereocenters. The van der Waals surface area contributed by atoms with E-state index in [0.717, 1.165) is 0 Å². The van der Waals surface area contributed by atoms with Gasteiger partial charge < -0.3 is 11.1 Å². The highest BCUT2D eigenvalue weighted by Gasteiger charge is 2.13. The number of nitrogens with one attached hydrogen (secondary N) is 1. The quantitative estimate of drug-likeness (QED) is 0.801. The zero-order chi connectivity index (χ0) is 16.1. The number of halogens is 2. The maximum atomic E-state index is 12.4. The van der Waals surface area contributed by atoms with Gasteiger partial charge in [0.15, 0.2) is 0 Å². The maximum absolute atomic E-state index is 12.4. The average molecular weight is 355 g/mol. The molecule has 2 aromatic rings. The highest BCUT2D eigenvalue weighted by atomic mass is 35.5. The van der Waals surface area contributed by atoms with Gasteiger partial charge in [-0.15, -0.1) is 11.8 Å². The third-order valence-electron chi connectivity index (χ3n) is 2.68. The van der Waals surface area contributed by atoms with Crippen LogP contribution >= 0.6 is 35.0 Å². The van der Waals surface area contributed by atoms with Crippen LogP contribution in [0.15, 0.2) is 47.4 Å². The first-order chi connectivity index (χ1) is 10.5. The van der Waals surface area contributed by atoms with Gasteiger partial charge >= 0.3 is 0 Å². The first-order valence-electron chi connectivity index (χ1n) is 6.24. The Morgan fingerprint density at radius 3 is 2.50 bits per heavy atom. The lowest BCUT2D eigenvalue weighted by Crippen LogP contribution is -2.15. The number of carbonyl (C=O) groups excluding carboxylic acids is 2. The number of amides is 2. The summed E-state index contributed by atoms with van der Waals surface area (Å²) < 4.78 is 0. The highest BCUT2D eigenvalue weighted by Crippen LogP contribution is 2.27. The molecule has 22 heavy (non-hydrogen) atoms. The fraction of sp³-hybridized carbons (Fsp3) is 0.0667. The molecule has 0 spiro atoms. The van der Waals surface area contributed by atoms with Crippen LogP contribution in [0.2, 0.25) is 10.0 Å². The summed E-state index contributed by atoms with van der Waals surface area (Å²) in [7, 11) is 0. The van der Waals surface area contributed by atoms with Gasteiger partial charge in [-0.2, -0.15) is 0 Å². The monoisotopic (exact) mass is 354 g/mol. The Balaban J connectivity index is 2.18. The number of thioether (sulfide) groups is 1. The summed E-state index contributed by atoms with van der Waals surface area (Å²) in [5.74, 6) is -0.632. The molecule has 0 radical (unpaired) electrons. The molecule has 3 N–H and O–H groups in total. The molecular formula is C15H12Cl2N2O2S. The number of primary amides is 1. The van der Waals surface area contributed by atoms with Crippen LogP contribution in [0.1, 0.15) is 10.4 Å².